The lowest BCUT2D eigenvalue weighted by Crippen LogP contribution is -2.41. The van der Waals surface area contributed by atoms with E-state index in [1.54, 1.807) is 47.4 Å². The van der Waals surface area contributed by atoms with Crippen molar-refractivity contribution in [3.05, 3.63) is 71.8 Å². The van der Waals surface area contributed by atoms with Crippen LogP contribution < -0.4 is 4.72 Å². The highest BCUT2D eigenvalue weighted by molar-refractivity contribution is 7.92. The zero-order valence-electron chi connectivity index (χ0n) is 17.7. The highest BCUT2D eigenvalue weighted by Gasteiger charge is 2.32. The van der Waals surface area contributed by atoms with Gasteiger partial charge in [-0.3, -0.25) is 9.52 Å². The third-order valence-corrected chi connectivity index (χ3v) is 6.80. The van der Waals surface area contributed by atoms with Crippen molar-refractivity contribution in [1.82, 2.24) is 19.7 Å². The van der Waals surface area contributed by atoms with Crippen LogP contribution in [0.15, 0.2) is 59.5 Å². The van der Waals surface area contributed by atoms with Crippen molar-refractivity contribution >= 4 is 21.6 Å². The maximum atomic E-state index is 13.2. The van der Waals surface area contributed by atoms with Gasteiger partial charge in [-0.05, 0) is 37.3 Å². The first-order valence-electron chi connectivity index (χ1n) is 10.2. The molecule has 1 atom stereocenters. The lowest BCUT2D eigenvalue weighted by Gasteiger charge is -2.34. The highest BCUT2D eigenvalue weighted by atomic mass is 32.2. The quantitative estimate of drug-likeness (QED) is 0.657. The number of carbonyl (C=O) groups is 1. The van der Waals surface area contributed by atoms with E-state index in [9.17, 15) is 13.2 Å². The molecule has 1 aliphatic rings. The summed E-state index contributed by atoms with van der Waals surface area (Å²) in [6.45, 7) is 7.24. The molecule has 0 radical (unpaired) electrons. The summed E-state index contributed by atoms with van der Waals surface area (Å²) in [5.74, 6) is 1.77. The zero-order valence-corrected chi connectivity index (χ0v) is 18.5. The summed E-state index contributed by atoms with van der Waals surface area (Å²) in [5.41, 5.74) is 0.752. The van der Waals surface area contributed by atoms with E-state index >= 15 is 0 Å². The fraction of sp³-hybridized carbons (Fsp3) is 0.318. The van der Waals surface area contributed by atoms with Gasteiger partial charge in [-0.2, -0.15) is 0 Å². The molecule has 8 nitrogen and oxygen atoms in total. The largest absolute Gasteiger partial charge is 0.327 e. The minimum atomic E-state index is -3.73. The van der Waals surface area contributed by atoms with Crippen LogP contribution in [0.25, 0.3) is 0 Å². The second kappa shape index (κ2) is 8.14. The van der Waals surface area contributed by atoms with Gasteiger partial charge in [-0.15, -0.1) is 10.2 Å². The second-order valence-electron chi connectivity index (χ2n) is 7.90. The smallest absolute Gasteiger partial charge is 0.261 e. The summed E-state index contributed by atoms with van der Waals surface area (Å²) in [6.07, 6.45) is 0. The van der Waals surface area contributed by atoms with Crippen LogP contribution in [-0.2, 0) is 16.6 Å². The van der Waals surface area contributed by atoms with Crippen molar-refractivity contribution in [2.24, 2.45) is 0 Å². The Morgan fingerprint density at radius 2 is 1.81 bits per heavy atom. The van der Waals surface area contributed by atoms with Crippen LogP contribution in [0.3, 0.4) is 0 Å². The average molecular weight is 440 g/mol. The molecule has 2 heterocycles. The van der Waals surface area contributed by atoms with Crippen LogP contribution >= 0.6 is 0 Å². The highest BCUT2D eigenvalue weighted by Crippen LogP contribution is 2.28. The molecule has 0 saturated heterocycles. The third-order valence-electron chi connectivity index (χ3n) is 5.41. The first kappa shape index (κ1) is 21.0. The van der Waals surface area contributed by atoms with Crippen molar-refractivity contribution in [2.75, 3.05) is 11.3 Å². The van der Waals surface area contributed by atoms with E-state index in [1.165, 1.54) is 12.1 Å². The minimum Gasteiger partial charge on any atom is -0.327 e. The molecule has 4 rings (SSSR count). The van der Waals surface area contributed by atoms with Crippen LogP contribution in [0.2, 0.25) is 0 Å². The normalized spacial score (nSPS) is 16.3. The number of nitrogens with zero attached hydrogens (tertiary/aromatic N) is 4. The number of amides is 1. The molecule has 2 aromatic carbocycles. The molecule has 0 spiro atoms. The summed E-state index contributed by atoms with van der Waals surface area (Å²) in [5, 5.41) is 8.61. The molecule has 1 unspecified atom stereocenters. The van der Waals surface area contributed by atoms with Crippen LogP contribution in [0.1, 0.15) is 54.7 Å². The van der Waals surface area contributed by atoms with Crippen LogP contribution in [0, 0.1) is 0 Å². The van der Waals surface area contributed by atoms with Gasteiger partial charge in [0.2, 0.25) is 0 Å². The lowest BCUT2D eigenvalue weighted by molar-refractivity contribution is 0.0636. The van der Waals surface area contributed by atoms with Gasteiger partial charge >= 0.3 is 0 Å². The van der Waals surface area contributed by atoms with Crippen molar-refractivity contribution in [2.45, 2.75) is 44.2 Å². The number of carbonyl (C=O) groups excluding carboxylic acids is 1. The fourth-order valence-electron chi connectivity index (χ4n) is 3.81. The van der Waals surface area contributed by atoms with Gasteiger partial charge in [0.1, 0.15) is 5.82 Å². The number of fused-ring (bicyclic) bond motifs is 1. The number of hydrogen-bond acceptors (Lipinski definition) is 5. The van der Waals surface area contributed by atoms with Crippen LogP contribution in [-0.4, -0.2) is 40.5 Å². The molecule has 9 heteroatoms. The number of hydrogen-bond donors (Lipinski definition) is 1. The predicted molar refractivity (Wildman–Crippen MR) is 117 cm³/mol. The molecular weight excluding hydrogens is 414 g/mol. The Morgan fingerprint density at radius 3 is 2.52 bits per heavy atom. The molecule has 0 aliphatic carbocycles. The average Bonchev–Trinajstić information content (AvgIpc) is 3.19. The van der Waals surface area contributed by atoms with Crippen molar-refractivity contribution in [3.63, 3.8) is 0 Å². The number of aromatic nitrogens is 3. The van der Waals surface area contributed by atoms with Gasteiger partial charge in [-0.25, -0.2) is 8.42 Å². The van der Waals surface area contributed by atoms with Gasteiger partial charge < -0.3 is 9.47 Å². The van der Waals surface area contributed by atoms with E-state index in [-0.39, 0.29) is 22.8 Å². The predicted octanol–water partition coefficient (Wildman–Crippen LogP) is 3.42. The summed E-state index contributed by atoms with van der Waals surface area (Å²) in [6, 6.07) is 14.4. The Hall–Kier alpha value is -3.20. The van der Waals surface area contributed by atoms with Crippen LogP contribution in [0.4, 0.5) is 5.69 Å². The maximum Gasteiger partial charge on any atom is 0.261 e. The zero-order chi connectivity index (χ0) is 22.2. The monoisotopic (exact) mass is 439 g/mol. The standard InChI is InChI=1S/C22H25N5O3S/c1-15(2)20-23-24-21-16(3)26(12-13-27(20)21)22(28)17-8-7-9-18(14-17)25-31(29,30)19-10-5-4-6-11-19/h4-11,14-16,25H,12-13H2,1-3H3. The Labute approximate surface area is 182 Å². The van der Waals surface area contributed by atoms with Crippen molar-refractivity contribution in [3.8, 4) is 0 Å². The summed E-state index contributed by atoms with van der Waals surface area (Å²) in [4.78, 5) is 15.2. The van der Waals surface area contributed by atoms with Gasteiger partial charge in [0.05, 0.1) is 10.9 Å². The molecule has 1 aliphatic heterocycles. The van der Waals surface area contributed by atoms with E-state index in [1.807, 2.05) is 6.92 Å². The van der Waals surface area contributed by atoms with Gasteiger partial charge in [0.25, 0.3) is 15.9 Å². The lowest BCUT2D eigenvalue weighted by atomic mass is 10.1. The van der Waals surface area contributed by atoms with E-state index in [2.05, 4.69) is 33.3 Å². The first-order chi connectivity index (χ1) is 14.8. The molecule has 162 valence electrons. The Kier molecular flexibility index (Phi) is 5.53. The number of rotatable bonds is 5. The van der Waals surface area contributed by atoms with E-state index in [4.69, 9.17) is 0 Å². The molecule has 3 aromatic rings. The van der Waals surface area contributed by atoms with E-state index in [0.717, 1.165) is 11.6 Å². The molecule has 0 bridgehead atoms. The molecule has 31 heavy (non-hydrogen) atoms. The molecule has 1 aromatic heterocycles. The van der Waals surface area contributed by atoms with Crippen molar-refractivity contribution in [1.29, 1.82) is 0 Å². The van der Waals surface area contributed by atoms with Crippen LogP contribution in [0.5, 0.6) is 0 Å². The van der Waals surface area contributed by atoms with E-state index < -0.39 is 10.0 Å². The Bertz CT molecular complexity index is 1200. The van der Waals surface area contributed by atoms with Gasteiger partial charge in [0.15, 0.2) is 5.82 Å². The maximum absolute atomic E-state index is 13.2. The molecule has 0 fully saturated rings. The SMILES string of the molecule is CC(C)c1nnc2n1CCN(C(=O)c1cccc(NS(=O)(=O)c3ccccc3)c1)C2C. The molecule has 1 N–H and O–H groups in total. The topological polar surface area (TPSA) is 97.2 Å². The summed E-state index contributed by atoms with van der Waals surface area (Å²) >= 11 is 0. The first-order valence-corrected chi connectivity index (χ1v) is 11.7. The second-order valence-corrected chi connectivity index (χ2v) is 9.58. The number of anilines is 1. The van der Waals surface area contributed by atoms with E-state index in [0.29, 0.717) is 24.3 Å². The number of nitrogens with one attached hydrogen (secondary N) is 1. The fourth-order valence-corrected chi connectivity index (χ4v) is 4.88. The summed E-state index contributed by atoms with van der Waals surface area (Å²) < 4.78 is 29.9. The summed E-state index contributed by atoms with van der Waals surface area (Å²) in [7, 11) is -3.73. The van der Waals surface area contributed by atoms with Gasteiger partial charge in [0, 0.05) is 30.3 Å². The molecule has 0 saturated carbocycles. The Morgan fingerprint density at radius 1 is 1.06 bits per heavy atom. The molecule has 1 amide bonds. The molecular formula is C22H25N5O3S. The number of sulfonamides is 1. The minimum absolute atomic E-state index is 0.164. The van der Waals surface area contributed by atoms with Crippen molar-refractivity contribution < 1.29 is 13.2 Å². The third kappa shape index (κ3) is 4.05. The number of benzene rings is 2. The van der Waals surface area contributed by atoms with Gasteiger partial charge in [-0.1, -0.05) is 38.1 Å². The Balaban J connectivity index is 1.56.